The Bertz CT molecular complexity index is 943. The second kappa shape index (κ2) is 6.96. The van der Waals surface area contributed by atoms with Crippen LogP contribution in [0.5, 0.6) is 0 Å². The number of likely N-dealkylation sites (N-methyl/N-ethyl adjacent to an activating group) is 1. The summed E-state index contributed by atoms with van der Waals surface area (Å²) >= 11 is 0. The minimum Gasteiger partial charge on any atom is -0.338 e. The maximum Gasteiger partial charge on any atom is 0.255 e. The van der Waals surface area contributed by atoms with Crippen LogP contribution in [0, 0.1) is 0 Å². The molecule has 0 saturated carbocycles. The number of hydrogen-bond acceptors (Lipinski definition) is 2. The number of aromatic amines is 1. The number of nitrogens with zero attached hydrogens (tertiary/aromatic N) is 1. The fraction of sp³-hybridized carbons (Fsp3) is 0.100. The fourth-order valence-corrected chi connectivity index (χ4v) is 2.51. The van der Waals surface area contributed by atoms with E-state index >= 15 is 0 Å². The third-order valence-electron chi connectivity index (χ3n) is 3.83. The molecule has 3 aromatic rings. The molecule has 1 N–H and O–H groups in total. The molecule has 0 aliphatic rings. The maximum atomic E-state index is 12.2. The van der Waals surface area contributed by atoms with E-state index < -0.39 is 0 Å². The molecule has 1 heterocycles. The number of carbonyl (C=O) groups is 1. The summed E-state index contributed by atoms with van der Waals surface area (Å²) < 4.78 is 0. The highest BCUT2D eigenvalue weighted by Crippen LogP contribution is 2.11. The molecule has 1 amide bonds. The van der Waals surface area contributed by atoms with Crippen LogP contribution in [0.2, 0.25) is 0 Å². The molecule has 0 radical (unpaired) electrons. The molecule has 1 aromatic heterocycles. The van der Waals surface area contributed by atoms with E-state index in [1.807, 2.05) is 54.6 Å². The summed E-state index contributed by atoms with van der Waals surface area (Å²) in [6.07, 6.45) is 3.00. The lowest BCUT2D eigenvalue weighted by Crippen LogP contribution is -2.24. The summed E-state index contributed by atoms with van der Waals surface area (Å²) in [5.41, 5.74) is 2.11. The summed E-state index contributed by atoms with van der Waals surface area (Å²) in [4.78, 5) is 28.7. The lowest BCUT2D eigenvalue weighted by Gasteiger charge is -2.14. The normalized spacial score (nSPS) is 11.0. The Labute approximate surface area is 140 Å². The standard InChI is InChI=1S/C20H18N2O2/c1-22(14-15-7-3-2-4-8-15)19(23)12-11-17-13-16-9-5-6-10-18(16)21-20(17)24/h2-13H,14H2,1H3,(H,21,24)/b12-11+. The van der Waals surface area contributed by atoms with Gasteiger partial charge in [-0.3, -0.25) is 9.59 Å². The van der Waals surface area contributed by atoms with Gasteiger partial charge in [-0.1, -0.05) is 48.5 Å². The maximum absolute atomic E-state index is 12.2. The number of benzene rings is 2. The minimum absolute atomic E-state index is 0.147. The average molecular weight is 318 g/mol. The van der Waals surface area contributed by atoms with Crippen molar-refractivity contribution in [1.82, 2.24) is 9.88 Å². The van der Waals surface area contributed by atoms with Crippen LogP contribution < -0.4 is 5.56 Å². The first-order valence-electron chi connectivity index (χ1n) is 7.72. The molecule has 0 unspecified atom stereocenters. The Morgan fingerprint density at radius 1 is 1.08 bits per heavy atom. The highest BCUT2D eigenvalue weighted by molar-refractivity contribution is 5.92. The molecule has 0 bridgehead atoms. The van der Waals surface area contributed by atoms with Crippen LogP contribution >= 0.6 is 0 Å². The monoisotopic (exact) mass is 318 g/mol. The van der Waals surface area contributed by atoms with Crippen LogP contribution in [0.15, 0.2) is 71.5 Å². The number of nitrogens with one attached hydrogen (secondary N) is 1. The smallest absolute Gasteiger partial charge is 0.255 e. The number of H-pyrrole nitrogens is 1. The molecule has 24 heavy (non-hydrogen) atoms. The Kier molecular flexibility index (Phi) is 4.57. The third-order valence-corrected chi connectivity index (χ3v) is 3.83. The van der Waals surface area contributed by atoms with Crippen LogP contribution in [0.4, 0.5) is 0 Å². The van der Waals surface area contributed by atoms with Gasteiger partial charge in [0.05, 0.1) is 0 Å². The van der Waals surface area contributed by atoms with Crippen LogP contribution in [0.1, 0.15) is 11.1 Å². The summed E-state index contributed by atoms with van der Waals surface area (Å²) in [6.45, 7) is 0.526. The van der Waals surface area contributed by atoms with Crippen molar-refractivity contribution in [2.24, 2.45) is 0 Å². The van der Waals surface area contributed by atoms with Crippen molar-refractivity contribution in [3.63, 3.8) is 0 Å². The van der Waals surface area contributed by atoms with Crippen molar-refractivity contribution in [2.45, 2.75) is 6.54 Å². The van der Waals surface area contributed by atoms with E-state index in [9.17, 15) is 9.59 Å². The number of fused-ring (bicyclic) bond motifs is 1. The van der Waals surface area contributed by atoms with Crippen molar-refractivity contribution >= 4 is 22.9 Å². The Hall–Kier alpha value is -3.14. The zero-order valence-electron chi connectivity index (χ0n) is 13.4. The molecule has 0 spiro atoms. The van der Waals surface area contributed by atoms with Crippen molar-refractivity contribution in [1.29, 1.82) is 0 Å². The van der Waals surface area contributed by atoms with Gasteiger partial charge in [-0.25, -0.2) is 0 Å². The molecule has 3 rings (SSSR count). The van der Waals surface area contributed by atoms with Crippen molar-refractivity contribution in [2.75, 3.05) is 7.05 Å². The lowest BCUT2D eigenvalue weighted by atomic mass is 10.1. The van der Waals surface area contributed by atoms with Gasteiger partial charge in [-0.05, 0) is 29.2 Å². The third kappa shape index (κ3) is 3.60. The van der Waals surface area contributed by atoms with Gasteiger partial charge in [0.15, 0.2) is 0 Å². The molecule has 0 aliphatic carbocycles. The number of para-hydroxylation sites is 1. The van der Waals surface area contributed by atoms with Gasteiger partial charge in [0.25, 0.3) is 5.56 Å². The van der Waals surface area contributed by atoms with Crippen molar-refractivity contribution in [3.05, 3.63) is 88.2 Å². The summed E-state index contributed by atoms with van der Waals surface area (Å²) in [6, 6.07) is 19.1. The van der Waals surface area contributed by atoms with E-state index in [0.29, 0.717) is 12.1 Å². The first kappa shape index (κ1) is 15.7. The second-order valence-corrected chi connectivity index (χ2v) is 5.65. The average Bonchev–Trinajstić information content (AvgIpc) is 2.60. The number of amides is 1. The van der Waals surface area contributed by atoms with E-state index in [-0.39, 0.29) is 11.5 Å². The van der Waals surface area contributed by atoms with E-state index in [0.717, 1.165) is 16.5 Å². The Morgan fingerprint density at radius 3 is 2.58 bits per heavy atom. The van der Waals surface area contributed by atoms with Gasteiger partial charge >= 0.3 is 0 Å². The van der Waals surface area contributed by atoms with Crippen LogP contribution in [-0.2, 0) is 11.3 Å². The van der Waals surface area contributed by atoms with Gasteiger partial charge in [0.2, 0.25) is 5.91 Å². The van der Waals surface area contributed by atoms with Gasteiger partial charge in [0, 0.05) is 30.7 Å². The van der Waals surface area contributed by atoms with Gasteiger partial charge in [-0.15, -0.1) is 0 Å². The first-order chi connectivity index (χ1) is 11.6. The first-order valence-corrected chi connectivity index (χ1v) is 7.72. The largest absolute Gasteiger partial charge is 0.338 e. The quantitative estimate of drug-likeness (QED) is 0.751. The summed E-state index contributed by atoms with van der Waals surface area (Å²) in [5.74, 6) is -0.147. The number of aromatic nitrogens is 1. The van der Waals surface area contributed by atoms with Gasteiger partial charge in [0.1, 0.15) is 0 Å². The van der Waals surface area contributed by atoms with Gasteiger partial charge in [-0.2, -0.15) is 0 Å². The van der Waals surface area contributed by atoms with Crippen LogP contribution in [0.3, 0.4) is 0 Å². The van der Waals surface area contributed by atoms with Gasteiger partial charge < -0.3 is 9.88 Å². The molecule has 4 nitrogen and oxygen atoms in total. The predicted octanol–water partition coefficient (Wildman–Crippen LogP) is 3.20. The molecule has 0 fully saturated rings. The molecule has 2 aromatic carbocycles. The SMILES string of the molecule is CN(Cc1ccccc1)C(=O)/C=C/c1cc2ccccc2[nH]c1=O. The lowest BCUT2D eigenvalue weighted by molar-refractivity contribution is -0.125. The Morgan fingerprint density at radius 2 is 1.79 bits per heavy atom. The number of rotatable bonds is 4. The van der Waals surface area contributed by atoms with Crippen molar-refractivity contribution < 1.29 is 4.79 Å². The predicted molar refractivity (Wildman–Crippen MR) is 96.5 cm³/mol. The molecule has 0 atom stereocenters. The second-order valence-electron chi connectivity index (χ2n) is 5.65. The summed E-state index contributed by atoms with van der Waals surface area (Å²) in [7, 11) is 1.74. The molecule has 4 heteroatoms. The minimum atomic E-state index is -0.205. The zero-order valence-corrected chi connectivity index (χ0v) is 13.4. The fourth-order valence-electron chi connectivity index (χ4n) is 2.51. The van der Waals surface area contributed by atoms with E-state index in [4.69, 9.17) is 0 Å². The Balaban J connectivity index is 1.76. The van der Waals surface area contributed by atoms with Crippen LogP contribution in [-0.4, -0.2) is 22.8 Å². The van der Waals surface area contributed by atoms with Crippen molar-refractivity contribution in [3.8, 4) is 0 Å². The van der Waals surface area contributed by atoms with Crippen LogP contribution in [0.25, 0.3) is 17.0 Å². The van der Waals surface area contributed by atoms with E-state index in [1.54, 1.807) is 24.1 Å². The van der Waals surface area contributed by atoms with E-state index in [1.165, 1.54) is 6.08 Å². The topological polar surface area (TPSA) is 53.2 Å². The molecule has 0 aliphatic heterocycles. The molecule has 120 valence electrons. The molecular formula is C20H18N2O2. The number of carbonyl (C=O) groups excluding carboxylic acids is 1. The molecule has 0 saturated heterocycles. The highest BCUT2D eigenvalue weighted by Gasteiger charge is 2.06. The summed E-state index contributed by atoms with van der Waals surface area (Å²) in [5, 5.41) is 0.932. The molecular weight excluding hydrogens is 300 g/mol. The zero-order chi connectivity index (χ0) is 16.9. The van der Waals surface area contributed by atoms with E-state index in [2.05, 4.69) is 4.98 Å². The number of pyridine rings is 1. The highest BCUT2D eigenvalue weighted by atomic mass is 16.2. The number of hydrogen-bond donors (Lipinski definition) is 1.